The average Bonchev–Trinajstić information content (AvgIpc) is 1.96. The third-order valence-corrected chi connectivity index (χ3v) is 1.85. The average molecular weight is 161 g/mol. The first-order chi connectivity index (χ1) is 5.65. The standard InChI is InChI=1S/C10H11NO/c1-7-5-8(2)9(3-4-11)10(12)6-7/h5-6,12H,3H2,1-2H3. The molecule has 12 heavy (non-hydrogen) atoms. The minimum Gasteiger partial charge on any atom is -0.508 e. The number of benzene rings is 1. The van der Waals surface area contributed by atoms with E-state index in [0.29, 0.717) is 0 Å². The summed E-state index contributed by atoms with van der Waals surface area (Å²) in [7, 11) is 0. The van der Waals surface area contributed by atoms with Gasteiger partial charge < -0.3 is 5.11 Å². The molecule has 0 heterocycles. The van der Waals surface area contributed by atoms with Crippen LogP contribution in [0.4, 0.5) is 0 Å². The molecule has 0 saturated heterocycles. The van der Waals surface area contributed by atoms with E-state index in [1.165, 1.54) is 0 Å². The van der Waals surface area contributed by atoms with E-state index in [1.54, 1.807) is 6.07 Å². The Bertz CT molecular complexity index is 313. The number of hydrogen-bond donors (Lipinski definition) is 1. The Hall–Kier alpha value is -1.49. The van der Waals surface area contributed by atoms with Gasteiger partial charge in [0.05, 0.1) is 12.5 Å². The van der Waals surface area contributed by atoms with E-state index in [2.05, 4.69) is 0 Å². The van der Waals surface area contributed by atoms with E-state index in [4.69, 9.17) is 5.26 Å². The lowest BCUT2D eigenvalue weighted by molar-refractivity contribution is 0.469. The van der Waals surface area contributed by atoms with Gasteiger partial charge in [0.15, 0.2) is 0 Å². The highest BCUT2D eigenvalue weighted by Gasteiger charge is 2.04. The highest BCUT2D eigenvalue weighted by Crippen LogP contribution is 2.22. The molecule has 0 aliphatic rings. The minimum atomic E-state index is 0.231. The van der Waals surface area contributed by atoms with Crippen molar-refractivity contribution in [2.24, 2.45) is 0 Å². The molecule has 0 aromatic heterocycles. The van der Waals surface area contributed by atoms with Crippen molar-refractivity contribution in [2.45, 2.75) is 20.3 Å². The van der Waals surface area contributed by atoms with Gasteiger partial charge in [-0.3, -0.25) is 0 Å². The third-order valence-electron chi connectivity index (χ3n) is 1.85. The third kappa shape index (κ3) is 1.57. The molecule has 0 aliphatic heterocycles. The number of hydrogen-bond acceptors (Lipinski definition) is 2. The summed E-state index contributed by atoms with van der Waals surface area (Å²) in [5, 5.41) is 17.9. The Morgan fingerprint density at radius 1 is 1.42 bits per heavy atom. The summed E-state index contributed by atoms with van der Waals surface area (Å²) < 4.78 is 0. The summed E-state index contributed by atoms with van der Waals surface area (Å²) in [5.41, 5.74) is 2.74. The van der Waals surface area contributed by atoms with E-state index in [-0.39, 0.29) is 12.2 Å². The number of phenolic OH excluding ortho intramolecular Hbond substituents is 1. The monoisotopic (exact) mass is 161 g/mol. The van der Waals surface area contributed by atoms with E-state index in [0.717, 1.165) is 16.7 Å². The molecule has 0 spiro atoms. The first kappa shape index (κ1) is 8.61. The lowest BCUT2D eigenvalue weighted by Gasteiger charge is -2.05. The maximum absolute atomic E-state index is 9.45. The van der Waals surface area contributed by atoms with Crippen molar-refractivity contribution in [3.8, 4) is 11.8 Å². The van der Waals surface area contributed by atoms with Crippen molar-refractivity contribution in [2.75, 3.05) is 0 Å². The van der Waals surface area contributed by atoms with E-state index in [1.807, 2.05) is 26.0 Å². The normalized spacial score (nSPS) is 9.42. The van der Waals surface area contributed by atoms with Crippen LogP contribution in [0.3, 0.4) is 0 Å². The molecule has 1 aromatic carbocycles. The highest BCUT2D eigenvalue weighted by atomic mass is 16.3. The van der Waals surface area contributed by atoms with Gasteiger partial charge in [-0.25, -0.2) is 0 Å². The molecule has 1 rings (SSSR count). The molecular formula is C10H11NO. The zero-order valence-electron chi connectivity index (χ0n) is 7.26. The molecule has 0 radical (unpaired) electrons. The van der Waals surface area contributed by atoms with Gasteiger partial charge in [0.1, 0.15) is 5.75 Å². The molecule has 0 fully saturated rings. The van der Waals surface area contributed by atoms with Crippen molar-refractivity contribution < 1.29 is 5.11 Å². The van der Waals surface area contributed by atoms with Gasteiger partial charge in [0, 0.05) is 5.56 Å². The van der Waals surface area contributed by atoms with Crippen LogP contribution in [0.25, 0.3) is 0 Å². The molecule has 1 aromatic rings. The van der Waals surface area contributed by atoms with Crippen LogP contribution in [0, 0.1) is 25.2 Å². The predicted molar refractivity (Wildman–Crippen MR) is 46.9 cm³/mol. The second kappa shape index (κ2) is 3.27. The second-order valence-electron chi connectivity index (χ2n) is 2.91. The summed E-state index contributed by atoms with van der Waals surface area (Å²) in [4.78, 5) is 0. The summed E-state index contributed by atoms with van der Waals surface area (Å²) in [6, 6.07) is 5.67. The van der Waals surface area contributed by atoms with Crippen LogP contribution in [-0.2, 0) is 6.42 Å². The van der Waals surface area contributed by atoms with Crippen molar-refractivity contribution in [1.29, 1.82) is 5.26 Å². The van der Waals surface area contributed by atoms with Crippen LogP contribution in [0.1, 0.15) is 16.7 Å². The number of phenols is 1. The van der Waals surface area contributed by atoms with Crippen molar-refractivity contribution in [1.82, 2.24) is 0 Å². The summed E-state index contributed by atoms with van der Waals surface area (Å²) >= 11 is 0. The number of nitriles is 1. The van der Waals surface area contributed by atoms with Crippen LogP contribution in [0.2, 0.25) is 0 Å². The maximum atomic E-state index is 9.45. The van der Waals surface area contributed by atoms with Crippen LogP contribution in [0.15, 0.2) is 12.1 Å². The number of aromatic hydroxyl groups is 1. The summed E-state index contributed by atoms with van der Waals surface area (Å²) in [6.07, 6.45) is 0.276. The zero-order chi connectivity index (χ0) is 9.14. The summed E-state index contributed by atoms with van der Waals surface area (Å²) in [6.45, 7) is 3.82. The van der Waals surface area contributed by atoms with Crippen molar-refractivity contribution in [3.05, 3.63) is 28.8 Å². The molecule has 62 valence electrons. The molecule has 0 unspecified atom stereocenters. The van der Waals surface area contributed by atoms with Gasteiger partial charge in [-0.05, 0) is 31.0 Å². The first-order valence-electron chi connectivity index (χ1n) is 3.81. The molecule has 0 atom stereocenters. The Kier molecular flexibility index (Phi) is 2.35. The van der Waals surface area contributed by atoms with Gasteiger partial charge in [-0.15, -0.1) is 0 Å². The molecule has 2 nitrogen and oxygen atoms in total. The van der Waals surface area contributed by atoms with Gasteiger partial charge in [0.25, 0.3) is 0 Å². The fourth-order valence-corrected chi connectivity index (χ4v) is 1.28. The Morgan fingerprint density at radius 3 is 2.58 bits per heavy atom. The number of aryl methyl sites for hydroxylation is 2. The molecular weight excluding hydrogens is 150 g/mol. The van der Waals surface area contributed by atoms with Gasteiger partial charge >= 0.3 is 0 Å². The van der Waals surface area contributed by atoms with Gasteiger partial charge in [0.2, 0.25) is 0 Å². The van der Waals surface area contributed by atoms with Crippen molar-refractivity contribution in [3.63, 3.8) is 0 Å². The van der Waals surface area contributed by atoms with Crippen LogP contribution in [0.5, 0.6) is 5.75 Å². The molecule has 1 N–H and O–H groups in total. The Morgan fingerprint density at radius 2 is 2.08 bits per heavy atom. The van der Waals surface area contributed by atoms with Gasteiger partial charge in [-0.2, -0.15) is 5.26 Å². The van der Waals surface area contributed by atoms with Crippen LogP contribution >= 0.6 is 0 Å². The van der Waals surface area contributed by atoms with E-state index < -0.39 is 0 Å². The number of rotatable bonds is 1. The molecule has 0 bridgehead atoms. The predicted octanol–water partition coefficient (Wildman–Crippen LogP) is 2.08. The minimum absolute atomic E-state index is 0.231. The highest BCUT2D eigenvalue weighted by molar-refractivity contribution is 5.43. The SMILES string of the molecule is Cc1cc(C)c(CC#N)c(O)c1. The van der Waals surface area contributed by atoms with Crippen molar-refractivity contribution >= 4 is 0 Å². The maximum Gasteiger partial charge on any atom is 0.120 e. The molecule has 0 aliphatic carbocycles. The fourth-order valence-electron chi connectivity index (χ4n) is 1.28. The zero-order valence-corrected chi connectivity index (χ0v) is 7.26. The van der Waals surface area contributed by atoms with Gasteiger partial charge in [-0.1, -0.05) is 6.07 Å². The molecule has 0 amide bonds. The fraction of sp³-hybridized carbons (Fsp3) is 0.300. The smallest absolute Gasteiger partial charge is 0.120 e. The molecule has 2 heteroatoms. The lowest BCUT2D eigenvalue weighted by atomic mass is 10.0. The van der Waals surface area contributed by atoms with Crippen LogP contribution in [-0.4, -0.2) is 5.11 Å². The topological polar surface area (TPSA) is 44.0 Å². The van der Waals surface area contributed by atoms with Crippen LogP contribution < -0.4 is 0 Å². The summed E-state index contributed by atoms with van der Waals surface area (Å²) in [5.74, 6) is 0.231. The lowest BCUT2D eigenvalue weighted by Crippen LogP contribution is -1.89. The quantitative estimate of drug-likeness (QED) is 0.685. The second-order valence-corrected chi connectivity index (χ2v) is 2.91. The first-order valence-corrected chi connectivity index (χ1v) is 3.81. The molecule has 0 saturated carbocycles. The Labute approximate surface area is 72.1 Å². The number of nitrogens with zero attached hydrogens (tertiary/aromatic N) is 1. The van der Waals surface area contributed by atoms with E-state index in [9.17, 15) is 5.11 Å². The Balaban J connectivity index is 3.21. The van der Waals surface area contributed by atoms with E-state index >= 15 is 0 Å². The largest absolute Gasteiger partial charge is 0.508 e.